The third-order valence-corrected chi connectivity index (χ3v) is 4.25. The molecule has 1 aliphatic rings. The predicted molar refractivity (Wildman–Crippen MR) is 78.8 cm³/mol. The van der Waals surface area contributed by atoms with Crippen LogP contribution < -0.4 is 0 Å². The normalized spacial score (nSPS) is 17.4. The van der Waals surface area contributed by atoms with Gasteiger partial charge in [-0.05, 0) is 34.7 Å². The maximum Gasteiger partial charge on any atom is 0.332 e. The third kappa shape index (κ3) is 1.73. The molecule has 0 aliphatic carbocycles. The third-order valence-electron chi connectivity index (χ3n) is 3.35. The Hall–Kier alpha value is -1.90. The summed E-state index contributed by atoms with van der Waals surface area (Å²) in [5.74, 6) is -1.38. The smallest absolute Gasteiger partial charge is 0.332 e. The number of aromatic nitrogens is 2. The Balaban J connectivity index is 2.36. The minimum atomic E-state index is -1.08. The molecule has 1 aromatic heterocycles. The Morgan fingerprint density at radius 2 is 2.20 bits per heavy atom. The van der Waals surface area contributed by atoms with Crippen molar-refractivity contribution in [2.75, 3.05) is 7.05 Å². The van der Waals surface area contributed by atoms with E-state index in [1.54, 1.807) is 10.6 Å². The monoisotopic (exact) mass is 383 g/mol. The van der Waals surface area contributed by atoms with E-state index < -0.39 is 12.0 Å². The van der Waals surface area contributed by atoms with Crippen molar-refractivity contribution in [2.45, 2.75) is 6.04 Å². The van der Waals surface area contributed by atoms with Gasteiger partial charge in [0.2, 0.25) is 0 Å². The number of aliphatic carboxylic acids is 1. The number of hydrogen-bond donors (Lipinski definition) is 1. The van der Waals surface area contributed by atoms with Gasteiger partial charge in [-0.25, -0.2) is 9.78 Å². The molecule has 1 atom stereocenters. The van der Waals surface area contributed by atoms with Gasteiger partial charge >= 0.3 is 5.97 Å². The van der Waals surface area contributed by atoms with Crippen molar-refractivity contribution < 1.29 is 14.7 Å². The van der Waals surface area contributed by atoms with Gasteiger partial charge in [-0.1, -0.05) is 6.07 Å². The Bertz CT molecular complexity index is 725. The number of carboxylic acid groups (broad SMARTS) is 1. The highest BCUT2D eigenvalue weighted by Gasteiger charge is 2.36. The first-order chi connectivity index (χ1) is 9.52. The number of carbonyl (C=O) groups excluding carboxylic acids is 1. The molecule has 7 heteroatoms. The van der Waals surface area contributed by atoms with Crippen LogP contribution in [0.2, 0.25) is 0 Å². The van der Waals surface area contributed by atoms with Crippen LogP contribution in [0.4, 0.5) is 0 Å². The second-order valence-electron chi connectivity index (χ2n) is 4.48. The van der Waals surface area contributed by atoms with Crippen LogP contribution in [-0.4, -0.2) is 38.5 Å². The van der Waals surface area contributed by atoms with Gasteiger partial charge in [-0.15, -0.1) is 0 Å². The summed E-state index contributed by atoms with van der Waals surface area (Å²) >= 11 is 2.08. The SMILES string of the molecule is CN1C(=O)c2c(I)cccc2-n2cncc2C1C(=O)O. The van der Waals surface area contributed by atoms with Crippen molar-refractivity contribution >= 4 is 34.5 Å². The lowest BCUT2D eigenvalue weighted by Crippen LogP contribution is -2.35. The summed E-state index contributed by atoms with van der Waals surface area (Å²) in [4.78, 5) is 29.4. The fourth-order valence-corrected chi connectivity index (χ4v) is 3.13. The lowest BCUT2D eigenvalue weighted by molar-refractivity contribution is -0.142. The first kappa shape index (κ1) is 13.1. The van der Waals surface area contributed by atoms with Crippen LogP contribution in [0.5, 0.6) is 0 Å². The molecule has 1 unspecified atom stereocenters. The maximum atomic E-state index is 12.6. The van der Waals surface area contributed by atoms with Gasteiger partial charge in [-0.3, -0.25) is 9.36 Å². The molecule has 0 fully saturated rings. The van der Waals surface area contributed by atoms with E-state index in [0.717, 1.165) is 3.57 Å². The molecule has 0 spiro atoms. The molecule has 2 heterocycles. The molecule has 1 amide bonds. The number of benzene rings is 1. The number of imidazole rings is 1. The van der Waals surface area contributed by atoms with E-state index in [9.17, 15) is 14.7 Å². The fourth-order valence-electron chi connectivity index (χ4n) is 2.42. The minimum absolute atomic E-state index is 0.305. The molecular weight excluding hydrogens is 373 g/mol. The lowest BCUT2D eigenvalue weighted by atomic mass is 10.1. The number of fused-ring (bicyclic) bond motifs is 3. The highest BCUT2D eigenvalue weighted by atomic mass is 127. The summed E-state index contributed by atoms with van der Waals surface area (Å²) in [6, 6.07) is 4.40. The number of likely N-dealkylation sites (N-methyl/N-ethyl adjacent to an activating group) is 1. The van der Waals surface area contributed by atoms with E-state index in [0.29, 0.717) is 16.9 Å². The molecule has 1 aliphatic heterocycles. The summed E-state index contributed by atoms with van der Waals surface area (Å²) in [5, 5.41) is 9.43. The van der Waals surface area contributed by atoms with Gasteiger partial charge in [0, 0.05) is 10.6 Å². The molecular formula is C13H10IN3O3. The quantitative estimate of drug-likeness (QED) is 0.761. The number of hydrogen-bond acceptors (Lipinski definition) is 3. The standard InChI is InChI=1S/C13H10IN3O3/c1-16-11(13(19)20)9-5-15-6-17(9)8-4-2-3-7(14)10(8)12(16)18/h2-6,11H,1H3,(H,19,20). The van der Waals surface area contributed by atoms with E-state index >= 15 is 0 Å². The van der Waals surface area contributed by atoms with E-state index in [2.05, 4.69) is 27.6 Å². The average Bonchev–Trinajstić information content (AvgIpc) is 2.83. The molecule has 20 heavy (non-hydrogen) atoms. The molecule has 6 nitrogen and oxygen atoms in total. The zero-order valence-corrected chi connectivity index (χ0v) is 12.6. The number of rotatable bonds is 1. The molecule has 0 saturated heterocycles. The lowest BCUT2D eigenvalue weighted by Gasteiger charge is -2.22. The predicted octanol–water partition coefficient (Wildman–Crippen LogP) is 1.69. The largest absolute Gasteiger partial charge is 0.479 e. The van der Waals surface area contributed by atoms with Crippen molar-refractivity contribution in [3.8, 4) is 5.69 Å². The van der Waals surface area contributed by atoms with Gasteiger partial charge in [0.15, 0.2) is 6.04 Å². The molecule has 0 bridgehead atoms. The van der Waals surface area contributed by atoms with Crippen LogP contribution in [0.3, 0.4) is 0 Å². The van der Waals surface area contributed by atoms with Crippen molar-refractivity contribution in [1.29, 1.82) is 0 Å². The van der Waals surface area contributed by atoms with Gasteiger partial charge in [0.05, 0.1) is 29.5 Å². The zero-order chi connectivity index (χ0) is 14.4. The fraction of sp³-hybridized carbons (Fsp3) is 0.154. The van der Waals surface area contributed by atoms with Gasteiger partial charge in [0.25, 0.3) is 5.91 Å². The number of carbonyl (C=O) groups is 2. The number of amides is 1. The molecule has 102 valence electrons. The molecule has 1 N–H and O–H groups in total. The highest BCUT2D eigenvalue weighted by Crippen LogP contribution is 2.32. The van der Waals surface area contributed by atoms with Crippen LogP contribution >= 0.6 is 22.6 Å². The van der Waals surface area contributed by atoms with Crippen molar-refractivity contribution in [3.05, 3.63) is 45.6 Å². The minimum Gasteiger partial charge on any atom is -0.479 e. The molecule has 1 aromatic carbocycles. The second kappa shape index (κ2) is 4.58. The summed E-state index contributed by atoms with van der Waals surface area (Å²) in [6.45, 7) is 0. The molecule has 0 saturated carbocycles. The first-order valence-corrected chi connectivity index (χ1v) is 6.91. The maximum absolute atomic E-state index is 12.6. The Kier molecular flexibility index (Phi) is 3.00. The van der Waals surface area contributed by atoms with Crippen LogP contribution in [0, 0.1) is 3.57 Å². The van der Waals surface area contributed by atoms with Crippen LogP contribution in [0.15, 0.2) is 30.7 Å². The summed E-state index contributed by atoms with van der Waals surface area (Å²) in [5.41, 5.74) is 1.62. The average molecular weight is 383 g/mol. The van der Waals surface area contributed by atoms with E-state index in [4.69, 9.17) is 0 Å². The van der Waals surface area contributed by atoms with Crippen molar-refractivity contribution in [2.24, 2.45) is 0 Å². The van der Waals surface area contributed by atoms with E-state index in [-0.39, 0.29) is 5.91 Å². The number of nitrogens with zero attached hydrogens (tertiary/aromatic N) is 3. The number of carboxylic acids is 1. The number of halogens is 1. The van der Waals surface area contributed by atoms with Gasteiger partial charge in [-0.2, -0.15) is 0 Å². The summed E-state index contributed by atoms with van der Waals surface area (Å²) in [7, 11) is 1.50. The molecule has 3 rings (SSSR count). The first-order valence-electron chi connectivity index (χ1n) is 5.83. The van der Waals surface area contributed by atoms with Gasteiger partial charge in [0.1, 0.15) is 0 Å². The summed E-state index contributed by atoms with van der Waals surface area (Å²) < 4.78 is 2.44. The Morgan fingerprint density at radius 1 is 1.45 bits per heavy atom. The van der Waals surface area contributed by atoms with Crippen molar-refractivity contribution in [1.82, 2.24) is 14.5 Å². The zero-order valence-electron chi connectivity index (χ0n) is 10.4. The molecule has 2 aromatic rings. The van der Waals surface area contributed by atoms with E-state index in [1.807, 2.05) is 12.1 Å². The van der Waals surface area contributed by atoms with Crippen LogP contribution in [0.1, 0.15) is 22.1 Å². The topological polar surface area (TPSA) is 75.4 Å². The second-order valence-corrected chi connectivity index (χ2v) is 5.64. The molecule has 0 radical (unpaired) electrons. The summed E-state index contributed by atoms with van der Waals surface area (Å²) in [6.07, 6.45) is 3.02. The van der Waals surface area contributed by atoms with Gasteiger partial charge < -0.3 is 10.0 Å². The highest BCUT2D eigenvalue weighted by molar-refractivity contribution is 14.1. The van der Waals surface area contributed by atoms with E-state index in [1.165, 1.54) is 24.5 Å². The van der Waals surface area contributed by atoms with Crippen molar-refractivity contribution in [3.63, 3.8) is 0 Å². The van der Waals surface area contributed by atoms with Crippen LogP contribution in [-0.2, 0) is 4.79 Å². The van der Waals surface area contributed by atoms with Crippen LogP contribution in [0.25, 0.3) is 5.69 Å². The Labute approximate surface area is 128 Å². The Morgan fingerprint density at radius 3 is 2.90 bits per heavy atom.